The van der Waals surface area contributed by atoms with Crippen molar-refractivity contribution in [1.29, 1.82) is 0 Å². The van der Waals surface area contributed by atoms with Crippen LogP contribution in [0.2, 0.25) is 0 Å². The van der Waals surface area contributed by atoms with Gasteiger partial charge in [-0.15, -0.1) is 0 Å². The molecule has 0 N–H and O–H groups in total. The SMILES string of the molecule is O=C(c1ccccc1)N1CC[N+](CCCCCCCCCC[N+]2(Cc3ccc([N+](=O)[O-])cc3)CCN(C(=O)c3ccccc3)CC2)(Cc2ccc([N+](=O)[O-])cc2)CC1.[Br-].[Br-]. The number of halogens is 2. The molecule has 2 fully saturated rings. The van der Waals surface area contributed by atoms with Crippen molar-refractivity contribution in [1.82, 2.24) is 9.80 Å². The minimum atomic E-state index is -0.357. The van der Waals surface area contributed by atoms with E-state index in [1.54, 1.807) is 24.3 Å². The Bertz CT molecular complexity index is 1810. The minimum absolute atomic E-state index is 0. The number of non-ortho nitro benzene ring substituents is 2. The second kappa shape index (κ2) is 23.5. The molecule has 2 amide bonds. The number of rotatable bonds is 19. The van der Waals surface area contributed by atoms with Gasteiger partial charge in [-0.2, -0.15) is 0 Å². The van der Waals surface area contributed by atoms with Crippen LogP contribution in [0.15, 0.2) is 109 Å². The molecule has 0 bridgehead atoms. The Balaban J connectivity index is 0.00000397. The largest absolute Gasteiger partial charge is 1.00 e. The quantitative estimate of drug-likeness (QED) is 0.0616. The second-order valence-corrected chi connectivity index (χ2v) is 16.3. The fraction of sp³-hybridized carbons (Fsp3) is 0.435. The zero-order chi connectivity index (χ0) is 40.8. The van der Waals surface area contributed by atoms with Gasteiger partial charge < -0.3 is 52.7 Å². The van der Waals surface area contributed by atoms with Crippen molar-refractivity contribution in [2.45, 2.75) is 64.5 Å². The number of nitro benzene ring substituents is 2. The molecule has 0 aromatic heterocycles. The molecule has 322 valence electrons. The molecule has 2 heterocycles. The van der Waals surface area contributed by atoms with Crippen LogP contribution in [0.4, 0.5) is 11.4 Å². The monoisotopic (exact) mass is 948 g/mol. The van der Waals surface area contributed by atoms with Gasteiger partial charge >= 0.3 is 0 Å². The summed E-state index contributed by atoms with van der Waals surface area (Å²) in [6, 6.07) is 32.8. The Morgan fingerprint density at radius 2 is 0.767 bits per heavy atom. The third kappa shape index (κ3) is 13.5. The predicted molar refractivity (Wildman–Crippen MR) is 225 cm³/mol. The second-order valence-electron chi connectivity index (χ2n) is 16.3. The van der Waals surface area contributed by atoms with Gasteiger partial charge in [0.05, 0.1) is 75.3 Å². The summed E-state index contributed by atoms with van der Waals surface area (Å²) in [7, 11) is 0. The van der Waals surface area contributed by atoms with Crippen LogP contribution in [-0.2, 0) is 13.1 Å². The molecule has 2 aliphatic heterocycles. The highest BCUT2D eigenvalue weighted by Crippen LogP contribution is 2.26. The van der Waals surface area contributed by atoms with Gasteiger partial charge in [-0.1, -0.05) is 62.1 Å². The van der Waals surface area contributed by atoms with Crippen molar-refractivity contribution in [2.75, 3.05) is 65.4 Å². The molecule has 0 unspecified atom stereocenters. The van der Waals surface area contributed by atoms with Crippen molar-refractivity contribution in [3.8, 4) is 0 Å². The molecule has 0 saturated carbocycles. The fourth-order valence-corrected chi connectivity index (χ4v) is 8.81. The molecular formula is C46H58Br2N6O6. The van der Waals surface area contributed by atoms with Crippen molar-refractivity contribution in [2.24, 2.45) is 0 Å². The highest BCUT2D eigenvalue weighted by atomic mass is 79.9. The number of carbonyl (C=O) groups excluding carboxylic acids is 2. The highest BCUT2D eigenvalue weighted by molar-refractivity contribution is 5.94. The van der Waals surface area contributed by atoms with Gasteiger partial charge in [0.1, 0.15) is 13.1 Å². The summed E-state index contributed by atoms with van der Waals surface area (Å²) in [6.07, 6.45) is 9.27. The Labute approximate surface area is 375 Å². The van der Waals surface area contributed by atoms with E-state index in [2.05, 4.69) is 0 Å². The van der Waals surface area contributed by atoms with Crippen molar-refractivity contribution < 1.29 is 62.4 Å². The smallest absolute Gasteiger partial charge is 0.269 e. The van der Waals surface area contributed by atoms with Gasteiger partial charge in [0, 0.05) is 46.5 Å². The number of carbonyl (C=O) groups is 2. The number of amides is 2. The number of unbranched alkanes of at least 4 members (excludes halogenated alkanes) is 7. The summed E-state index contributed by atoms with van der Waals surface area (Å²) in [5, 5.41) is 22.5. The maximum Gasteiger partial charge on any atom is 0.269 e. The molecule has 0 spiro atoms. The zero-order valence-corrected chi connectivity index (χ0v) is 37.6. The molecule has 0 atom stereocenters. The van der Waals surface area contributed by atoms with E-state index in [0.717, 1.165) is 109 Å². The Kier molecular flexibility index (Phi) is 18.9. The summed E-state index contributed by atoms with van der Waals surface area (Å²) in [5.74, 6) is 0.154. The van der Waals surface area contributed by atoms with Crippen molar-refractivity contribution in [3.05, 3.63) is 152 Å². The Morgan fingerprint density at radius 1 is 0.467 bits per heavy atom. The van der Waals surface area contributed by atoms with E-state index < -0.39 is 0 Å². The molecule has 12 nitrogen and oxygen atoms in total. The average Bonchev–Trinajstić information content (AvgIpc) is 3.25. The first-order chi connectivity index (χ1) is 28.1. The molecule has 2 aliphatic rings. The van der Waals surface area contributed by atoms with Crippen LogP contribution in [0.5, 0.6) is 0 Å². The van der Waals surface area contributed by atoms with E-state index in [9.17, 15) is 29.8 Å². The van der Waals surface area contributed by atoms with E-state index in [0.29, 0.717) is 26.2 Å². The standard InChI is InChI=1S/C46H58N6O6.2BrH/c53-45(41-15-9-7-10-16-41)47-27-33-51(34-28-47,37-39-19-23-43(24-20-39)49(55)56)31-13-5-3-1-2-4-6-14-32-52(38-40-21-25-44(26-22-40)50(57)58)35-29-48(30-36-52)46(54)42-17-11-8-12-18-42;;/h7-12,15-26H,1-6,13-14,27-38H2;2*1H/q+2;;/p-2. The van der Waals surface area contributed by atoms with Gasteiger partial charge in [-0.25, -0.2) is 0 Å². The lowest BCUT2D eigenvalue weighted by molar-refractivity contribution is -0.944. The number of benzene rings is 4. The maximum atomic E-state index is 13.2. The van der Waals surface area contributed by atoms with Gasteiger partial charge in [0.25, 0.3) is 23.2 Å². The zero-order valence-electron chi connectivity index (χ0n) is 34.4. The van der Waals surface area contributed by atoms with E-state index in [-0.39, 0.29) is 67.0 Å². The summed E-state index contributed by atoms with van der Waals surface area (Å²) >= 11 is 0. The highest BCUT2D eigenvalue weighted by Gasteiger charge is 2.36. The van der Waals surface area contributed by atoms with E-state index in [1.165, 1.54) is 25.7 Å². The molecule has 0 aliphatic carbocycles. The number of piperazine rings is 2. The first kappa shape index (κ1) is 48.2. The number of nitro groups is 2. The molecule has 6 rings (SSSR count). The third-order valence-electron chi connectivity index (χ3n) is 12.3. The first-order valence-corrected chi connectivity index (χ1v) is 21.0. The molecular weight excluding hydrogens is 892 g/mol. The summed E-state index contributed by atoms with van der Waals surface area (Å²) in [4.78, 5) is 52.1. The van der Waals surface area contributed by atoms with E-state index in [4.69, 9.17) is 0 Å². The number of nitrogens with zero attached hydrogens (tertiary/aromatic N) is 6. The molecule has 2 saturated heterocycles. The van der Waals surface area contributed by atoms with Crippen LogP contribution >= 0.6 is 0 Å². The minimum Gasteiger partial charge on any atom is -1.00 e. The number of quaternary nitrogens is 2. The number of hydrogen-bond acceptors (Lipinski definition) is 6. The van der Waals surface area contributed by atoms with E-state index in [1.807, 2.05) is 94.7 Å². The maximum absolute atomic E-state index is 13.2. The first-order valence-electron chi connectivity index (χ1n) is 21.0. The fourth-order valence-electron chi connectivity index (χ4n) is 8.81. The predicted octanol–water partition coefficient (Wildman–Crippen LogP) is 2.28. The van der Waals surface area contributed by atoms with Crippen LogP contribution in [0.25, 0.3) is 0 Å². The third-order valence-corrected chi connectivity index (χ3v) is 12.3. The van der Waals surface area contributed by atoms with Crippen LogP contribution < -0.4 is 34.0 Å². The van der Waals surface area contributed by atoms with Gasteiger partial charge in [-0.3, -0.25) is 29.8 Å². The molecule has 14 heteroatoms. The lowest BCUT2D eigenvalue weighted by Crippen LogP contribution is -3.00. The van der Waals surface area contributed by atoms with Crippen LogP contribution in [0, 0.1) is 20.2 Å². The van der Waals surface area contributed by atoms with Gasteiger partial charge in [-0.05, 0) is 74.2 Å². The van der Waals surface area contributed by atoms with E-state index >= 15 is 0 Å². The van der Waals surface area contributed by atoms with Crippen molar-refractivity contribution in [3.63, 3.8) is 0 Å². The number of hydrogen-bond donors (Lipinski definition) is 0. The average molecular weight is 951 g/mol. The van der Waals surface area contributed by atoms with Crippen molar-refractivity contribution >= 4 is 23.2 Å². The lowest BCUT2D eigenvalue weighted by atomic mass is 10.0. The van der Waals surface area contributed by atoms with Crippen LogP contribution in [0.3, 0.4) is 0 Å². The summed E-state index contributed by atoms with van der Waals surface area (Å²) in [6.45, 7) is 9.87. The summed E-state index contributed by atoms with van der Waals surface area (Å²) < 4.78 is 1.77. The Hall–Kier alpha value is -4.50. The molecule has 4 aromatic rings. The molecule has 4 aromatic carbocycles. The normalized spacial score (nSPS) is 15.6. The van der Waals surface area contributed by atoms with Crippen LogP contribution in [-0.4, -0.2) is 106 Å². The Morgan fingerprint density at radius 3 is 1.07 bits per heavy atom. The lowest BCUT2D eigenvalue weighted by Gasteiger charge is -2.45. The van der Waals surface area contributed by atoms with Crippen LogP contribution in [0.1, 0.15) is 83.2 Å². The van der Waals surface area contributed by atoms with Gasteiger partial charge in [0.15, 0.2) is 0 Å². The van der Waals surface area contributed by atoms with Gasteiger partial charge in [0.2, 0.25) is 0 Å². The molecule has 60 heavy (non-hydrogen) atoms. The molecule has 0 radical (unpaired) electrons. The topological polar surface area (TPSA) is 127 Å². The summed E-state index contributed by atoms with van der Waals surface area (Å²) in [5.41, 5.74) is 3.83.